The second-order valence-corrected chi connectivity index (χ2v) is 4.19. The number of aliphatic carboxylic acids is 1. The Morgan fingerprint density at radius 1 is 1.28 bits per heavy atom. The highest BCUT2D eigenvalue weighted by Gasteiger charge is 2.16. The summed E-state index contributed by atoms with van der Waals surface area (Å²) in [6.45, 7) is 3.85. The van der Waals surface area contributed by atoms with Gasteiger partial charge in [-0.15, -0.1) is 0 Å². The predicted molar refractivity (Wildman–Crippen MR) is 69.6 cm³/mol. The Kier molecular flexibility index (Phi) is 5.36. The number of amides is 1. The third kappa shape index (κ3) is 3.87. The molecule has 1 aromatic rings. The first-order chi connectivity index (χ1) is 8.58. The largest absolute Gasteiger partial charge is 0.481 e. The van der Waals surface area contributed by atoms with Gasteiger partial charge in [-0.3, -0.25) is 9.59 Å². The van der Waals surface area contributed by atoms with E-state index in [1.165, 1.54) is 0 Å². The molecule has 0 heterocycles. The Labute approximate surface area is 107 Å². The molecule has 1 unspecified atom stereocenters. The fraction of sp³-hybridized carbons (Fsp3) is 0.429. The van der Waals surface area contributed by atoms with Crippen LogP contribution in [0.2, 0.25) is 0 Å². The zero-order chi connectivity index (χ0) is 13.5. The number of benzene rings is 1. The normalized spacial score (nSPS) is 11.9. The minimum Gasteiger partial charge on any atom is -0.481 e. The van der Waals surface area contributed by atoms with Crippen molar-refractivity contribution in [1.82, 2.24) is 5.32 Å². The molecule has 0 saturated carbocycles. The van der Waals surface area contributed by atoms with Crippen molar-refractivity contribution in [2.45, 2.75) is 39.2 Å². The lowest BCUT2D eigenvalue weighted by atomic mass is 10.0. The van der Waals surface area contributed by atoms with Gasteiger partial charge in [0, 0.05) is 11.6 Å². The molecule has 4 heteroatoms. The maximum absolute atomic E-state index is 12.1. The summed E-state index contributed by atoms with van der Waals surface area (Å²) in [5.74, 6) is -1.09. The first kappa shape index (κ1) is 14.2. The maximum Gasteiger partial charge on any atom is 0.305 e. The van der Waals surface area contributed by atoms with Gasteiger partial charge in [-0.05, 0) is 24.5 Å². The number of hydrogen-bond donors (Lipinski definition) is 2. The van der Waals surface area contributed by atoms with Gasteiger partial charge in [-0.2, -0.15) is 0 Å². The number of aryl methyl sites for hydroxylation is 1. The average molecular weight is 249 g/mol. The number of carboxylic acids is 1. The van der Waals surface area contributed by atoms with Gasteiger partial charge in [0.15, 0.2) is 0 Å². The second-order valence-electron chi connectivity index (χ2n) is 4.19. The standard InChI is InChI=1S/C14H19NO3/c1-3-10-7-5-6-8-12(10)14(18)15-11(4-2)9-13(16)17/h5-8,11H,3-4,9H2,1-2H3,(H,15,18)(H,16,17). The monoisotopic (exact) mass is 249 g/mol. The highest BCUT2D eigenvalue weighted by Crippen LogP contribution is 2.10. The summed E-state index contributed by atoms with van der Waals surface area (Å²) in [6, 6.07) is 7.06. The molecular weight excluding hydrogens is 230 g/mol. The number of rotatable bonds is 6. The van der Waals surface area contributed by atoms with Gasteiger partial charge in [-0.25, -0.2) is 0 Å². The highest BCUT2D eigenvalue weighted by atomic mass is 16.4. The number of hydrogen-bond acceptors (Lipinski definition) is 2. The molecule has 2 N–H and O–H groups in total. The van der Waals surface area contributed by atoms with Gasteiger partial charge in [0.05, 0.1) is 6.42 Å². The van der Waals surface area contributed by atoms with Crippen LogP contribution in [-0.2, 0) is 11.2 Å². The van der Waals surface area contributed by atoms with Gasteiger partial charge in [-0.1, -0.05) is 32.0 Å². The molecule has 1 amide bonds. The lowest BCUT2D eigenvalue weighted by molar-refractivity contribution is -0.137. The molecule has 0 fully saturated rings. The topological polar surface area (TPSA) is 66.4 Å². The fourth-order valence-electron chi connectivity index (χ4n) is 1.82. The average Bonchev–Trinajstić information content (AvgIpc) is 2.37. The third-order valence-corrected chi connectivity index (χ3v) is 2.89. The zero-order valence-corrected chi connectivity index (χ0v) is 10.8. The summed E-state index contributed by atoms with van der Waals surface area (Å²) in [5.41, 5.74) is 1.60. The molecular formula is C14H19NO3. The van der Waals surface area contributed by atoms with Crippen LogP contribution < -0.4 is 5.32 Å². The summed E-state index contributed by atoms with van der Waals surface area (Å²) in [5, 5.41) is 11.5. The van der Waals surface area contributed by atoms with E-state index in [0.717, 1.165) is 12.0 Å². The van der Waals surface area contributed by atoms with Crippen LogP contribution >= 0.6 is 0 Å². The molecule has 18 heavy (non-hydrogen) atoms. The minimum absolute atomic E-state index is 0.0451. The van der Waals surface area contributed by atoms with Crippen LogP contribution in [0.3, 0.4) is 0 Å². The molecule has 0 spiro atoms. The van der Waals surface area contributed by atoms with E-state index in [4.69, 9.17) is 5.11 Å². The van der Waals surface area contributed by atoms with Gasteiger partial charge in [0.25, 0.3) is 5.91 Å². The van der Waals surface area contributed by atoms with Crippen molar-refractivity contribution in [3.05, 3.63) is 35.4 Å². The maximum atomic E-state index is 12.1. The molecule has 0 aliphatic heterocycles. The molecule has 1 atom stereocenters. The van der Waals surface area contributed by atoms with Crippen molar-refractivity contribution in [2.75, 3.05) is 0 Å². The lowest BCUT2D eigenvalue weighted by Gasteiger charge is -2.16. The quantitative estimate of drug-likeness (QED) is 0.812. The van der Waals surface area contributed by atoms with Crippen molar-refractivity contribution in [3.8, 4) is 0 Å². The number of carbonyl (C=O) groups excluding carboxylic acids is 1. The summed E-state index contributed by atoms with van der Waals surface area (Å²) < 4.78 is 0. The second kappa shape index (κ2) is 6.79. The third-order valence-electron chi connectivity index (χ3n) is 2.89. The van der Waals surface area contributed by atoms with E-state index in [1.807, 2.05) is 32.0 Å². The lowest BCUT2D eigenvalue weighted by Crippen LogP contribution is -2.36. The van der Waals surface area contributed by atoms with Gasteiger partial charge < -0.3 is 10.4 Å². The molecule has 0 radical (unpaired) electrons. The van der Waals surface area contributed by atoms with Gasteiger partial charge in [0.1, 0.15) is 0 Å². The summed E-state index contributed by atoms with van der Waals surface area (Å²) in [4.78, 5) is 22.7. The molecule has 98 valence electrons. The molecule has 0 bridgehead atoms. The number of nitrogens with one attached hydrogen (secondary N) is 1. The van der Waals surface area contributed by atoms with E-state index >= 15 is 0 Å². The van der Waals surface area contributed by atoms with Crippen molar-refractivity contribution in [2.24, 2.45) is 0 Å². The van der Waals surface area contributed by atoms with Crippen LogP contribution in [0.4, 0.5) is 0 Å². The van der Waals surface area contributed by atoms with E-state index in [9.17, 15) is 9.59 Å². The fourth-order valence-corrected chi connectivity index (χ4v) is 1.82. The van der Waals surface area contributed by atoms with Crippen LogP contribution in [0.25, 0.3) is 0 Å². The molecule has 0 aliphatic rings. The Hall–Kier alpha value is -1.84. The smallest absolute Gasteiger partial charge is 0.305 e. The van der Waals surface area contributed by atoms with Crippen molar-refractivity contribution in [1.29, 1.82) is 0 Å². The van der Waals surface area contributed by atoms with E-state index in [0.29, 0.717) is 12.0 Å². The molecule has 0 saturated heterocycles. The van der Waals surface area contributed by atoms with Crippen LogP contribution in [0.5, 0.6) is 0 Å². The van der Waals surface area contributed by atoms with Crippen molar-refractivity contribution < 1.29 is 14.7 Å². The van der Waals surface area contributed by atoms with Gasteiger partial charge >= 0.3 is 5.97 Å². The molecule has 0 aromatic heterocycles. The van der Waals surface area contributed by atoms with E-state index in [-0.39, 0.29) is 18.4 Å². The van der Waals surface area contributed by atoms with Crippen molar-refractivity contribution in [3.63, 3.8) is 0 Å². The highest BCUT2D eigenvalue weighted by molar-refractivity contribution is 5.96. The molecule has 1 aromatic carbocycles. The first-order valence-electron chi connectivity index (χ1n) is 6.19. The Morgan fingerprint density at radius 3 is 2.50 bits per heavy atom. The number of carboxylic acid groups (broad SMARTS) is 1. The Bertz CT molecular complexity index is 429. The van der Waals surface area contributed by atoms with E-state index in [2.05, 4.69) is 5.32 Å². The molecule has 0 aliphatic carbocycles. The summed E-state index contributed by atoms with van der Waals surface area (Å²) in [6.07, 6.45) is 1.34. The Morgan fingerprint density at radius 2 is 1.94 bits per heavy atom. The van der Waals surface area contributed by atoms with E-state index < -0.39 is 5.97 Å². The van der Waals surface area contributed by atoms with Gasteiger partial charge in [0.2, 0.25) is 0 Å². The number of carbonyl (C=O) groups is 2. The van der Waals surface area contributed by atoms with E-state index in [1.54, 1.807) is 6.07 Å². The summed E-state index contributed by atoms with van der Waals surface area (Å²) >= 11 is 0. The van der Waals surface area contributed by atoms with Crippen LogP contribution in [0.1, 0.15) is 42.6 Å². The molecule has 1 rings (SSSR count). The van der Waals surface area contributed by atoms with Crippen LogP contribution in [-0.4, -0.2) is 23.0 Å². The van der Waals surface area contributed by atoms with Crippen LogP contribution in [0, 0.1) is 0 Å². The minimum atomic E-state index is -0.897. The van der Waals surface area contributed by atoms with Crippen molar-refractivity contribution >= 4 is 11.9 Å². The van der Waals surface area contributed by atoms with Crippen LogP contribution in [0.15, 0.2) is 24.3 Å². The predicted octanol–water partition coefficient (Wildman–Crippen LogP) is 2.23. The first-order valence-corrected chi connectivity index (χ1v) is 6.19. The Balaban J connectivity index is 2.77. The SMILES string of the molecule is CCc1ccccc1C(=O)NC(CC)CC(=O)O. The molecule has 4 nitrogen and oxygen atoms in total. The zero-order valence-electron chi connectivity index (χ0n) is 10.8. The summed E-state index contributed by atoms with van der Waals surface area (Å²) in [7, 11) is 0.